The number of likely N-dealkylation sites (N-methyl/N-ethyl adjacent to an activating group) is 1. The van der Waals surface area contributed by atoms with Gasteiger partial charge in [-0.2, -0.15) is 0 Å². The summed E-state index contributed by atoms with van der Waals surface area (Å²) in [6.45, 7) is 0.859. The molecular weight excluding hydrogens is 204 g/mol. The van der Waals surface area contributed by atoms with E-state index in [0.717, 1.165) is 11.3 Å². The average molecular weight is 224 g/mol. The molecule has 1 aromatic carbocycles. The third-order valence-electron chi connectivity index (χ3n) is 2.64. The van der Waals surface area contributed by atoms with Crippen molar-refractivity contribution in [3.05, 3.63) is 29.8 Å². The number of nitrogens with zero attached hydrogens (tertiary/aromatic N) is 1. The van der Waals surface area contributed by atoms with Crippen molar-refractivity contribution in [1.29, 1.82) is 0 Å². The van der Waals surface area contributed by atoms with Crippen molar-refractivity contribution in [2.45, 2.75) is 12.5 Å². The number of hydrogen-bond donors (Lipinski definition) is 3. The molecular formula is C12H20N2O2. The lowest BCUT2D eigenvalue weighted by molar-refractivity contribution is 0.276. The molecule has 16 heavy (non-hydrogen) atoms. The minimum Gasteiger partial charge on any atom is -0.396 e. The van der Waals surface area contributed by atoms with Gasteiger partial charge in [0.05, 0.1) is 6.61 Å². The molecule has 0 saturated carbocycles. The molecule has 90 valence electrons. The highest BCUT2D eigenvalue weighted by molar-refractivity contribution is 5.47. The summed E-state index contributed by atoms with van der Waals surface area (Å²) in [6, 6.07) is 7.76. The summed E-state index contributed by atoms with van der Waals surface area (Å²) in [4.78, 5) is 1.97. The van der Waals surface area contributed by atoms with Crippen LogP contribution in [0.15, 0.2) is 24.3 Å². The summed E-state index contributed by atoms with van der Waals surface area (Å²) in [5.41, 5.74) is 7.95. The van der Waals surface area contributed by atoms with Crippen LogP contribution < -0.4 is 10.6 Å². The van der Waals surface area contributed by atoms with Gasteiger partial charge in [0.15, 0.2) is 0 Å². The highest BCUT2D eigenvalue weighted by atomic mass is 16.3. The van der Waals surface area contributed by atoms with Crippen LogP contribution in [0.2, 0.25) is 0 Å². The van der Waals surface area contributed by atoms with Gasteiger partial charge in [0, 0.05) is 31.9 Å². The average Bonchev–Trinajstić information content (AvgIpc) is 2.30. The molecule has 0 aromatic heterocycles. The van der Waals surface area contributed by atoms with Crippen molar-refractivity contribution in [3.63, 3.8) is 0 Å². The van der Waals surface area contributed by atoms with E-state index in [-0.39, 0.29) is 19.3 Å². The van der Waals surface area contributed by atoms with Crippen LogP contribution in [0.25, 0.3) is 0 Å². The zero-order chi connectivity index (χ0) is 12.0. The molecule has 0 fully saturated rings. The van der Waals surface area contributed by atoms with Gasteiger partial charge < -0.3 is 20.8 Å². The van der Waals surface area contributed by atoms with Crippen molar-refractivity contribution < 1.29 is 10.2 Å². The van der Waals surface area contributed by atoms with Crippen molar-refractivity contribution in [2.75, 3.05) is 31.7 Å². The van der Waals surface area contributed by atoms with Crippen LogP contribution in [-0.4, -0.2) is 37.0 Å². The summed E-state index contributed by atoms with van der Waals surface area (Å²) < 4.78 is 0. The lowest BCUT2D eigenvalue weighted by Gasteiger charge is -2.19. The van der Waals surface area contributed by atoms with Crippen LogP contribution in [0.3, 0.4) is 0 Å². The van der Waals surface area contributed by atoms with Crippen LogP contribution >= 0.6 is 0 Å². The molecule has 1 aromatic rings. The van der Waals surface area contributed by atoms with Gasteiger partial charge in [0.1, 0.15) is 0 Å². The summed E-state index contributed by atoms with van der Waals surface area (Å²) in [7, 11) is 1.93. The normalized spacial score (nSPS) is 12.5. The summed E-state index contributed by atoms with van der Waals surface area (Å²) >= 11 is 0. The van der Waals surface area contributed by atoms with E-state index in [9.17, 15) is 0 Å². The molecule has 0 heterocycles. The molecule has 0 amide bonds. The second-order valence-corrected chi connectivity index (χ2v) is 3.86. The third-order valence-corrected chi connectivity index (χ3v) is 2.64. The zero-order valence-electron chi connectivity index (χ0n) is 9.63. The fourth-order valence-electron chi connectivity index (χ4n) is 1.56. The molecule has 1 rings (SSSR count). The molecule has 0 aliphatic heterocycles. The van der Waals surface area contributed by atoms with E-state index < -0.39 is 0 Å². The Bertz CT molecular complexity index is 269. The first kappa shape index (κ1) is 13.0. The summed E-state index contributed by atoms with van der Waals surface area (Å²) in [6.07, 6.45) is 0.575. The van der Waals surface area contributed by atoms with Crippen LogP contribution in [0.1, 0.15) is 18.0 Å². The van der Waals surface area contributed by atoms with E-state index in [1.807, 2.05) is 36.2 Å². The molecule has 1 unspecified atom stereocenters. The number of benzene rings is 1. The number of rotatable bonds is 6. The number of hydrogen-bond acceptors (Lipinski definition) is 4. The largest absolute Gasteiger partial charge is 0.396 e. The Morgan fingerprint density at radius 1 is 1.19 bits per heavy atom. The van der Waals surface area contributed by atoms with Gasteiger partial charge in [-0.15, -0.1) is 0 Å². The fourth-order valence-corrected chi connectivity index (χ4v) is 1.56. The van der Waals surface area contributed by atoms with Gasteiger partial charge in [0.25, 0.3) is 0 Å². The van der Waals surface area contributed by atoms with Gasteiger partial charge in [-0.25, -0.2) is 0 Å². The van der Waals surface area contributed by atoms with E-state index in [2.05, 4.69) is 0 Å². The smallest absolute Gasteiger partial charge is 0.0606 e. The molecule has 4 nitrogen and oxygen atoms in total. The molecule has 0 bridgehead atoms. The Morgan fingerprint density at radius 2 is 1.81 bits per heavy atom. The molecule has 0 saturated heterocycles. The molecule has 4 N–H and O–H groups in total. The van der Waals surface area contributed by atoms with E-state index in [1.54, 1.807) is 0 Å². The highest BCUT2D eigenvalue weighted by Gasteiger charge is 2.06. The van der Waals surface area contributed by atoms with Crippen molar-refractivity contribution in [1.82, 2.24) is 0 Å². The first-order valence-electron chi connectivity index (χ1n) is 5.47. The molecule has 0 radical (unpaired) electrons. The standard InChI is InChI=1S/C12H20N2O2/c1-14(7-9-16)11-4-2-10(3-5-11)12(13)6-8-15/h2-5,12,15-16H,6-9,13H2,1H3. The minimum absolute atomic E-state index is 0.104. The number of aliphatic hydroxyl groups excluding tert-OH is 2. The van der Waals surface area contributed by atoms with Crippen molar-refractivity contribution in [3.8, 4) is 0 Å². The zero-order valence-corrected chi connectivity index (χ0v) is 9.63. The first-order chi connectivity index (χ1) is 7.69. The molecule has 1 atom stereocenters. The Balaban J connectivity index is 2.67. The monoisotopic (exact) mass is 224 g/mol. The van der Waals surface area contributed by atoms with Crippen molar-refractivity contribution >= 4 is 5.69 Å². The highest BCUT2D eigenvalue weighted by Crippen LogP contribution is 2.18. The van der Waals surface area contributed by atoms with E-state index in [1.165, 1.54) is 0 Å². The van der Waals surface area contributed by atoms with Gasteiger partial charge in [-0.05, 0) is 24.1 Å². The molecule has 0 aliphatic rings. The van der Waals surface area contributed by atoms with E-state index >= 15 is 0 Å². The SMILES string of the molecule is CN(CCO)c1ccc(C(N)CCO)cc1. The number of anilines is 1. The van der Waals surface area contributed by atoms with Crippen LogP contribution in [-0.2, 0) is 0 Å². The van der Waals surface area contributed by atoms with Gasteiger partial charge in [-0.1, -0.05) is 12.1 Å². The Labute approximate surface area is 96.3 Å². The maximum absolute atomic E-state index is 8.82. The first-order valence-corrected chi connectivity index (χ1v) is 5.47. The molecule has 4 heteroatoms. The van der Waals surface area contributed by atoms with Crippen molar-refractivity contribution in [2.24, 2.45) is 5.73 Å². The van der Waals surface area contributed by atoms with Crippen LogP contribution in [0.4, 0.5) is 5.69 Å². The van der Waals surface area contributed by atoms with Gasteiger partial charge in [0.2, 0.25) is 0 Å². The number of aliphatic hydroxyl groups is 2. The number of nitrogens with two attached hydrogens (primary N) is 1. The Kier molecular flexibility index (Phi) is 5.25. The van der Waals surface area contributed by atoms with Gasteiger partial charge >= 0.3 is 0 Å². The maximum Gasteiger partial charge on any atom is 0.0606 e. The van der Waals surface area contributed by atoms with E-state index in [0.29, 0.717) is 13.0 Å². The maximum atomic E-state index is 8.82. The van der Waals surface area contributed by atoms with Gasteiger partial charge in [-0.3, -0.25) is 0 Å². The quantitative estimate of drug-likeness (QED) is 0.658. The summed E-state index contributed by atoms with van der Waals surface area (Å²) in [5.74, 6) is 0. The Hall–Kier alpha value is -1.10. The fraction of sp³-hybridized carbons (Fsp3) is 0.500. The third kappa shape index (κ3) is 3.48. The summed E-state index contributed by atoms with van der Waals surface area (Å²) in [5, 5.41) is 17.6. The van der Waals surface area contributed by atoms with Crippen LogP contribution in [0.5, 0.6) is 0 Å². The predicted molar refractivity (Wildman–Crippen MR) is 65.4 cm³/mol. The molecule has 0 spiro atoms. The van der Waals surface area contributed by atoms with E-state index in [4.69, 9.17) is 15.9 Å². The second kappa shape index (κ2) is 6.48. The second-order valence-electron chi connectivity index (χ2n) is 3.86. The minimum atomic E-state index is -0.109. The predicted octanol–water partition coefficient (Wildman–Crippen LogP) is 0.497. The lowest BCUT2D eigenvalue weighted by atomic mass is 10.0. The lowest BCUT2D eigenvalue weighted by Crippen LogP contribution is -2.21. The Morgan fingerprint density at radius 3 is 2.31 bits per heavy atom. The topological polar surface area (TPSA) is 69.7 Å². The molecule has 0 aliphatic carbocycles. The van der Waals surface area contributed by atoms with Crippen LogP contribution in [0, 0.1) is 0 Å².